The van der Waals surface area contributed by atoms with Gasteiger partial charge in [0.2, 0.25) is 0 Å². The lowest BCUT2D eigenvalue weighted by molar-refractivity contribution is 0.412. The van der Waals surface area contributed by atoms with Crippen LogP contribution in [0.4, 0.5) is 0 Å². The molecule has 0 radical (unpaired) electrons. The highest BCUT2D eigenvalue weighted by molar-refractivity contribution is 6.25. The molecule has 0 N–H and O–H groups in total. The minimum absolute atomic E-state index is 0.927. The van der Waals surface area contributed by atoms with Crippen molar-refractivity contribution in [2.45, 2.75) is 20.8 Å². The molecule has 0 unspecified atom stereocenters. The average molecular weight is 379 g/mol. The molecule has 29 heavy (non-hydrogen) atoms. The van der Waals surface area contributed by atoms with Crippen LogP contribution in [-0.2, 0) is 0 Å². The van der Waals surface area contributed by atoms with Crippen LogP contribution in [0.2, 0.25) is 0 Å². The number of rotatable bonds is 2. The fraction of sp³-hybridized carbons (Fsp3) is 0.143. The van der Waals surface area contributed by atoms with E-state index in [0.717, 1.165) is 11.3 Å². The smallest absolute Gasteiger partial charge is 0.121 e. The molecule has 0 spiro atoms. The first-order valence-corrected chi connectivity index (χ1v) is 10.2. The molecule has 0 aliphatic carbocycles. The van der Waals surface area contributed by atoms with Crippen LogP contribution in [0.3, 0.4) is 0 Å². The summed E-state index contributed by atoms with van der Waals surface area (Å²) in [4.78, 5) is 0. The van der Waals surface area contributed by atoms with Crippen LogP contribution >= 0.6 is 0 Å². The summed E-state index contributed by atoms with van der Waals surface area (Å²) in [7, 11) is 1.72. The first-order chi connectivity index (χ1) is 14.3. The summed E-state index contributed by atoms with van der Waals surface area (Å²) in [6.45, 7) is 6.09. The normalized spacial score (nSPS) is 10.8. The molecule has 1 nitrogen and oxygen atoms in total. The van der Waals surface area contributed by atoms with Gasteiger partial charge in [-0.15, -0.1) is 0 Å². The molecule has 0 heterocycles. The highest BCUT2D eigenvalue weighted by atomic mass is 16.5. The van der Waals surface area contributed by atoms with Crippen molar-refractivity contribution in [3.05, 3.63) is 90.5 Å². The van der Waals surface area contributed by atoms with Crippen molar-refractivity contribution in [1.82, 2.24) is 0 Å². The standard InChI is InChI=1S/C26H20O.C2H6/c1-17-15-18(12-14-26(17)27-2)19-11-13-24-22-9-4-3-7-20(22)21-8-5-6-10-23(21)25(24)16-19;1-2/h3-16H,1-2H3;1-2H3. The number of aryl methyl sites for hydroxylation is 1. The first kappa shape index (κ1) is 19.0. The van der Waals surface area contributed by atoms with Gasteiger partial charge in [0.15, 0.2) is 0 Å². The molecule has 0 fully saturated rings. The van der Waals surface area contributed by atoms with Crippen molar-refractivity contribution >= 4 is 32.3 Å². The van der Waals surface area contributed by atoms with E-state index < -0.39 is 0 Å². The highest BCUT2D eigenvalue weighted by Gasteiger charge is 2.10. The summed E-state index contributed by atoms with van der Waals surface area (Å²) in [6.07, 6.45) is 0. The fourth-order valence-electron chi connectivity index (χ4n) is 4.15. The molecule has 5 aromatic rings. The van der Waals surface area contributed by atoms with Crippen LogP contribution in [0.5, 0.6) is 5.75 Å². The number of benzene rings is 5. The molecular weight excluding hydrogens is 352 g/mol. The number of hydrogen-bond acceptors (Lipinski definition) is 1. The molecule has 0 aliphatic heterocycles. The van der Waals surface area contributed by atoms with Gasteiger partial charge in [0.25, 0.3) is 0 Å². The molecule has 0 saturated heterocycles. The summed E-state index contributed by atoms with van der Waals surface area (Å²) in [5, 5.41) is 7.84. The van der Waals surface area contributed by atoms with Gasteiger partial charge in [-0.3, -0.25) is 0 Å². The first-order valence-electron chi connectivity index (χ1n) is 10.2. The minimum atomic E-state index is 0.927. The molecule has 0 atom stereocenters. The van der Waals surface area contributed by atoms with Crippen molar-refractivity contribution < 1.29 is 4.74 Å². The van der Waals surface area contributed by atoms with E-state index in [9.17, 15) is 0 Å². The van der Waals surface area contributed by atoms with E-state index in [1.807, 2.05) is 19.9 Å². The van der Waals surface area contributed by atoms with Crippen LogP contribution in [0.1, 0.15) is 19.4 Å². The lowest BCUT2D eigenvalue weighted by atomic mass is 9.92. The Morgan fingerprint density at radius 1 is 0.517 bits per heavy atom. The van der Waals surface area contributed by atoms with E-state index in [0.29, 0.717) is 0 Å². The summed E-state index contributed by atoms with van der Waals surface area (Å²) in [6, 6.07) is 30.6. The monoisotopic (exact) mass is 378 g/mol. The van der Waals surface area contributed by atoms with Crippen LogP contribution < -0.4 is 4.74 Å². The fourth-order valence-corrected chi connectivity index (χ4v) is 4.15. The van der Waals surface area contributed by atoms with Gasteiger partial charge in [0.05, 0.1) is 7.11 Å². The zero-order valence-electron chi connectivity index (χ0n) is 17.5. The Hall–Kier alpha value is -3.32. The van der Waals surface area contributed by atoms with E-state index >= 15 is 0 Å². The molecule has 0 amide bonds. The molecule has 0 aliphatic rings. The molecule has 0 bridgehead atoms. The zero-order chi connectivity index (χ0) is 20.4. The van der Waals surface area contributed by atoms with Crippen molar-refractivity contribution in [2.24, 2.45) is 0 Å². The van der Waals surface area contributed by atoms with Gasteiger partial charge in [0.1, 0.15) is 5.75 Å². The second-order valence-corrected chi connectivity index (χ2v) is 7.04. The Kier molecular flexibility index (Phi) is 5.22. The molecule has 1 heteroatoms. The average Bonchev–Trinajstić information content (AvgIpc) is 2.80. The number of ether oxygens (including phenoxy) is 1. The van der Waals surface area contributed by atoms with Crippen LogP contribution in [0.15, 0.2) is 84.9 Å². The van der Waals surface area contributed by atoms with E-state index in [-0.39, 0.29) is 0 Å². The second kappa shape index (κ2) is 7.97. The lowest BCUT2D eigenvalue weighted by Crippen LogP contribution is -1.88. The number of methoxy groups -OCH3 is 1. The van der Waals surface area contributed by atoms with Gasteiger partial charge in [-0.1, -0.05) is 80.6 Å². The maximum absolute atomic E-state index is 5.41. The van der Waals surface area contributed by atoms with Crippen LogP contribution in [0.25, 0.3) is 43.4 Å². The molecule has 0 aromatic heterocycles. The predicted octanol–water partition coefficient (Wildman–Crippen LogP) is 8.16. The number of fused-ring (bicyclic) bond motifs is 6. The van der Waals surface area contributed by atoms with Crippen LogP contribution in [0, 0.1) is 6.92 Å². The summed E-state index contributed by atoms with van der Waals surface area (Å²) >= 11 is 0. The zero-order valence-corrected chi connectivity index (χ0v) is 17.5. The van der Waals surface area contributed by atoms with Gasteiger partial charge in [-0.2, -0.15) is 0 Å². The van der Waals surface area contributed by atoms with E-state index in [4.69, 9.17) is 4.74 Å². The minimum Gasteiger partial charge on any atom is -0.496 e. The third-order valence-corrected chi connectivity index (χ3v) is 5.47. The summed E-state index contributed by atoms with van der Waals surface area (Å²) in [5.41, 5.74) is 3.60. The largest absolute Gasteiger partial charge is 0.496 e. The van der Waals surface area contributed by atoms with Crippen molar-refractivity contribution in [3.63, 3.8) is 0 Å². The van der Waals surface area contributed by atoms with Gasteiger partial charge < -0.3 is 4.74 Å². The van der Waals surface area contributed by atoms with Gasteiger partial charge in [0, 0.05) is 0 Å². The van der Waals surface area contributed by atoms with E-state index in [2.05, 4.69) is 85.8 Å². The highest BCUT2D eigenvalue weighted by Crippen LogP contribution is 2.37. The van der Waals surface area contributed by atoms with E-state index in [1.165, 1.54) is 43.4 Å². The van der Waals surface area contributed by atoms with Gasteiger partial charge in [-0.25, -0.2) is 0 Å². The third-order valence-electron chi connectivity index (χ3n) is 5.47. The molecule has 5 rings (SSSR count). The molecule has 144 valence electrons. The quantitative estimate of drug-likeness (QED) is 0.282. The lowest BCUT2D eigenvalue weighted by Gasteiger charge is -2.13. The summed E-state index contributed by atoms with van der Waals surface area (Å²) < 4.78 is 5.41. The summed E-state index contributed by atoms with van der Waals surface area (Å²) in [5.74, 6) is 0.927. The Labute approximate surface area is 172 Å². The maximum Gasteiger partial charge on any atom is 0.121 e. The van der Waals surface area contributed by atoms with Crippen LogP contribution in [-0.4, -0.2) is 7.11 Å². The van der Waals surface area contributed by atoms with Crippen molar-refractivity contribution in [1.29, 1.82) is 0 Å². The number of hydrogen-bond donors (Lipinski definition) is 0. The van der Waals surface area contributed by atoms with Crippen molar-refractivity contribution in [2.75, 3.05) is 7.11 Å². The Morgan fingerprint density at radius 3 is 1.48 bits per heavy atom. The predicted molar refractivity (Wildman–Crippen MR) is 127 cm³/mol. The van der Waals surface area contributed by atoms with E-state index in [1.54, 1.807) is 7.11 Å². The Balaban J connectivity index is 0.000000994. The third kappa shape index (κ3) is 3.23. The second-order valence-electron chi connectivity index (χ2n) is 7.04. The molecule has 0 saturated carbocycles. The van der Waals surface area contributed by atoms with Gasteiger partial charge >= 0.3 is 0 Å². The molecule has 5 aromatic carbocycles. The Morgan fingerprint density at radius 2 is 0.966 bits per heavy atom. The van der Waals surface area contributed by atoms with Crippen molar-refractivity contribution in [3.8, 4) is 16.9 Å². The van der Waals surface area contributed by atoms with Gasteiger partial charge in [-0.05, 0) is 74.1 Å². The molecular formula is C28H26O. The Bertz CT molecular complexity index is 1280. The topological polar surface area (TPSA) is 9.23 Å². The maximum atomic E-state index is 5.41. The SMILES string of the molecule is CC.COc1ccc(-c2ccc3c4ccccc4c4ccccc4c3c2)cc1C.